The maximum Gasteiger partial charge on any atom is 0.169 e. The quantitative estimate of drug-likeness (QED) is 0.221. The number of hydrogen-bond acceptors (Lipinski definition) is 13. The van der Waals surface area contributed by atoms with Crippen molar-refractivity contribution >= 4 is 39.0 Å². The highest BCUT2D eigenvalue weighted by Crippen LogP contribution is 2.33. The Labute approximate surface area is 332 Å². The molecule has 4 saturated heterocycles. The number of fused-ring (bicyclic) bond motifs is 2. The number of carbonyl (C=O) groups excluding carboxylic acids is 1. The van der Waals surface area contributed by atoms with E-state index in [2.05, 4.69) is 105 Å². The molecule has 0 amide bonds. The first-order valence-corrected chi connectivity index (χ1v) is 21.0. The van der Waals surface area contributed by atoms with Crippen LogP contribution in [0.15, 0.2) is 49.1 Å². The van der Waals surface area contributed by atoms with Gasteiger partial charge >= 0.3 is 0 Å². The van der Waals surface area contributed by atoms with E-state index in [1.165, 1.54) is 33.5 Å². The fourth-order valence-corrected chi connectivity index (χ4v) is 9.64. The summed E-state index contributed by atoms with van der Waals surface area (Å²) < 4.78 is 0. The Bertz CT molecular complexity index is 1790. The van der Waals surface area contributed by atoms with E-state index in [0.29, 0.717) is 30.7 Å². The number of carbonyl (C=O) groups is 1. The number of likely N-dealkylation sites (N-methyl/N-ethyl adjacent to an activating group) is 2. The van der Waals surface area contributed by atoms with Gasteiger partial charge in [0.15, 0.2) is 5.78 Å². The molecule has 300 valence electrons. The third kappa shape index (κ3) is 8.68. The van der Waals surface area contributed by atoms with Gasteiger partial charge < -0.3 is 30.2 Å². The van der Waals surface area contributed by atoms with E-state index in [9.17, 15) is 4.79 Å². The third-order valence-corrected chi connectivity index (χ3v) is 12.7. The summed E-state index contributed by atoms with van der Waals surface area (Å²) in [6.07, 6.45) is 7.97. The Hall–Kier alpha value is -3.85. The van der Waals surface area contributed by atoms with Crippen LogP contribution >= 0.6 is 0 Å². The molecule has 0 spiro atoms. The smallest absolute Gasteiger partial charge is 0.169 e. The zero-order valence-electron chi connectivity index (χ0n) is 34.0. The molecular formula is C43H62N12O. The number of anilines is 2. The first-order chi connectivity index (χ1) is 27.3. The molecule has 4 aromatic rings. The topological polar surface area (TPSA) is 112 Å². The highest BCUT2D eigenvalue weighted by Gasteiger charge is 2.38. The molecule has 4 aliphatic rings. The first-order valence-electron chi connectivity index (χ1n) is 21.0. The SMILES string of the molecule is CN(C)CC(C(=O)C(CN(C)C)N1CCN(c2ccc3c(C4CCNCC4)ncnc3c2)CC1)N1CCN(c2ccc3c(C4CCNCC4)ncnc3c2)CC1. The van der Waals surface area contributed by atoms with Gasteiger partial charge in [-0.25, -0.2) is 19.9 Å². The Morgan fingerprint density at radius 2 is 1.00 bits per heavy atom. The number of Topliss-reactive ketones (excluding diaryl/α,β-unsaturated/α-hetero) is 1. The number of rotatable bonds is 12. The van der Waals surface area contributed by atoms with Gasteiger partial charge in [-0.2, -0.15) is 0 Å². The van der Waals surface area contributed by atoms with Gasteiger partial charge in [-0.3, -0.25) is 14.6 Å². The standard InChI is InChI=1S/C43H62N12O/c1-50(2)27-39(54-21-17-52(18-22-54)33-5-7-35-37(25-33)46-29-48-41(35)31-9-13-44-14-10-31)43(56)40(28-51(3)4)55-23-19-53(20-24-55)34-6-8-36-38(26-34)47-30-49-42(36)32-11-15-45-16-12-32/h5-8,25-26,29-32,39-40,44-45H,9-24,27-28H2,1-4H3. The van der Waals surface area contributed by atoms with E-state index in [1.807, 2.05) is 0 Å². The Balaban J connectivity index is 0.925. The summed E-state index contributed by atoms with van der Waals surface area (Å²) in [5.74, 6) is 1.32. The third-order valence-electron chi connectivity index (χ3n) is 12.7. The Kier molecular flexibility index (Phi) is 12.4. The molecule has 6 heterocycles. The highest BCUT2D eigenvalue weighted by molar-refractivity contribution is 5.90. The summed E-state index contributed by atoms with van der Waals surface area (Å²) in [4.78, 5) is 47.9. The van der Waals surface area contributed by atoms with Gasteiger partial charge in [0.2, 0.25) is 0 Å². The van der Waals surface area contributed by atoms with Crippen LogP contribution in [0.1, 0.15) is 48.9 Å². The lowest BCUT2D eigenvalue weighted by molar-refractivity contribution is -0.131. The van der Waals surface area contributed by atoms with Crippen LogP contribution in [0.4, 0.5) is 11.4 Å². The molecule has 0 saturated carbocycles. The summed E-state index contributed by atoms with van der Waals surface area (Å²) in [7, 11) is 8.37. The average molecular weight is 763 g/mol. The van der Waals surface area contributed by atoms with Crippen molar-refractivity contribution in [3.63, 3.8) is 0 Å². The van der Waals surface area contributed by atoms with E-state index < -0.39 is 0 Å². The Morgan fingerprint density at radius 3 is 1.38 bits per heavy atom. The molecule has 2 atom stereocenters. The molecule has 2 unspecified atom stereocenters. The van der Waals surface area contributed by atoms with Gasteiger partial charge in [0.25, 0.3) is 0 Å². The van der Waals surface area contributed by atoms with Crippen molar-refractivity contribution in [2.24, 2.45) is 0 Å². The van der Waals surface area contributed by atoms with Crippen molar-refractivity contribution in [2.75, 3.05) is 130 Å². The van der Waals surface area contributed by atoms with Gasteiger partial charge in [0.1, 0.15) is 12.7 Å². The Morgan fingerprint density at radius 1 is 0.607 bits per heavy atom. The van der Waals surface area contributed by atoms with Gasteiger partial charge in [0.05, 0.1) is 34.5 Å². The van der Waals surface area contributed by atoms with Crippen LogP contribution < -0.4 is 20.4 Å². The molecule has 56 heavy (non-hydrogen) atoms. The maximum atomic E-state index is 14.8. The van der Waals surface area contributed by atoms with Crippen LogP contribution in [0, 0.1) is 0 Å². The van der Waals surface area contributed by atoms with E-state index in [-0.39, 0.29) is 12.1 Å². The van der Waals surface area contributed by atoms with Crippen molar-refractivity contribution < 1.29 is 4.79 Å². The molecular weight excluding hydrogens is 701 g/mol. The second kappa shape index (κ2) is 17.7. The van der Waals surface area contributed by atoms with Crippen LogP contribution in [-0.2, 0) is 4.79 Å². The fraction of sp³-hybridized carbons (Fsp3) is 0.605. The largest absolute Gasteiger partial charge is 0.369 e. The predicted octanol–water partition coefficient (Wildman–Crippen LogP) is 2.88. The molecule has 0 radical (unpaired) electrons. The van der Waals surface area contributed by atoms with Crippen molar-refractivity contribution in [2.45, 2.75) is 49.6 Å². The molecule has 13 heteroatoms. The fourth-order valence-electron chi connectivity index (χ4n) is 9.64. The van der Waals surface area contributed by atoms with Crippen molar-refractivity contribution in [3.05, 3.63) is 60.4 Å². The monoisotopic (exact) mass is 763 g/mol. The van der Waals surface area contributed by atoms with Gasteiger partial charge in [0, 0.05) is 99.4 Å². The number of piperazine rings is 2. The number of nitrogens with one attached hydrogen (secondary N) is 2. The van der Waals surface area contributed by atoms with Crippen molar-refractivity contribution in [3.8, 4) is 0 Å². The molecule has 4 aliphatic heterocycles. The molecule has 2 aromatic carbocycles. The number of benzene rings is 2. The van der Waals surface area contributed by atoms with E-state index in [1.54, 1.807) is 12.7 Å². The average Bonchev–Trinajstić information content (AvgIpc) is 3.24. The lowest BCUT2D eigenvalue weighted by Gasteiger charge is -2.44. The van der Waals surface area contributed by atoms with Crippen LogP contribution in [0.2, 0.25) is 0 Å². The molecule has 8 rings (SSSR count). The van der Waals surface area contributed by atoms with Gasteiger partial charge in [-0.1, -0.05) is 0 Å². The molecule has 4 fully saturated rings. The van der Waals surface area contributed by atoms with Gasteiger partial charge in [-0.05, 0) is 116 Å². The van der Waals surface area contributed by atoms with Crippen LogP contribution in [-0.4, -0.2) is 177 Å². The number of ketones is 1. The lowest BCUT2D eigenvalue weighted by atomic mass is 9.92. The predicted molar refractivity (Wildman–Crippen MR) is 226 cm³/mol. The van der Waals surface area contributed by atoms with Crippen molar-refractivity contribution in [1.82, 2.24) is 50.2 Å². The van der Waals surface area contributed by atoms with E-state index in [0.717, 1.165) is 115 Å². The normalized spacial score (nSPS) is 21.0. The molecule has 2 aromatic heterocycles. The molecule has 2 N–H and O–H groups in total. The number of piperidine rings is 2. The first kappa shape index (κ1) is 39.0. The van der Waals surface area contributed by atoms with Crippen LogP contribution in [0.3, 0.4) is 0 Å². The van der Waals surface area contributed by atoms with E-state index in [4.69, 9.17) is 19.9 Å². The second-order valence-electron chi connectivity index (χ2n) is 17.0. The summed E-state index contributed by atoms with van der Waals surface area (Å²) in [5, 5.41) is 9.31. The minimum absolute atomic E-state index is 0.165. The van der Waals surface area contributed by atoms with Gasteiger partial charge in [-0.15, -0.1) is 0 Å². The summed E-state index contributed by atoms with van der Waals surface area (Å²) >= 11 is 0. The number of nitrogens with zero attached hydrogens (tertiary/aromatic N) is 10. The summed E-state index contributed by atoms with van der Waals surface area (Å²) in [5.41, 5.74) is 6.83. The molecule has 13 nitrogen and oxygen atoms in total. The van der Waals surface area contributed by atoms with Crippen LogP contribution in [0.25, 0.3) is 21.8 Å². The van der Waals surface area contributed by atoms with Crippen LogP contribution in [0.5, 0.6) is 0 Å². The maximum absolute atomic E-state index is 14.8. The molecule has 0 aliphatic carbocycles. The minimum atomic E-state index is -0.165. The van der Waals surface area contributed by atoms with E-state index >= 15 is 0 Å². The minimum Gasteiger partial charge on any atom is -0.369 e. The summed E-state index contributed by atoms with van der Waals surface area (Å²) in [6.45, 7) is 12.5. The number of aromatic nitrogens is 4. The van der Waals surface area contributed by atoms with Crippen molar-refractivity contribution in [1.29, 1.82) is 0 Å². The number of hydrogen-bond donors (Lipinski definition) is 2. The zero-order valence-corrected chi connectivity index (χ0v) is 34.0. The molecule has 0 bridgehead atoms. The second-order valence-corrected chi connectivity index (χ2v) is 17.0. The lowest BCUT2D eigenvalue weighted by Crippen LogP contribution is -2.62. The summed E-state index contributed by atoms with van der Waals surface area (Å²) in [6, 6.07) is 13.1. The highest BCUT2D eigenvalue weighted by atomic mass is 16.1. The zero-order chi connectivity index (χ0) is 38.6.